The minimum absolute atomic E-state index is 0.519. The van der Waals surface area contributed by atoms with E-state index in [2.05, 4.69) is 26.9 Å². The number of benzene rings is 1. The van der Waals surface area contributed by atoms with Gasteiger partial charge in [-0.2, -0.15) is 0 Å². The standard InChI is InChI=1S/C14H19N5O/c1-2-18-6-8-19(9-7-18)14-17-16-13(20-14)11-4-3-5-12(15)10-11/h3-5,10H,2,6-9,15H2,1H3. The quantitative estimate of drug-likeness (QED) is 0.854. The average molecular weight is 273 g/mol. The highest BCUT2D eigenvalue weighted by molar-refractivity contribution is 5.59. The minimum Gasteiger partial charge on any atom is -0.403 e. The van der Waals surface area contributed by atoms with Crippen molar-refractivity contribution in [2.24, 2.45) is 0 Å². The molecule has 0 aliphatic carbocycles. The van der Waals surface area contributed by atoms with Gasteiger partial charge in [0, 0.05) is 37.4 Å². The molecule has 6 heteroatoms. The Labute approximate surface area is 118 Å². The fourth-order valence-electron chi connectivity index (χ4n) is 2.39. The Kier molecular flexibility index (Phi) is 3.56. The molecule has 1 saturated heterocycles. The van der Waals surface area contributed by atoms with Crippen LogP contribution >= 0.6 is 0 Å². The molecule has 0 spiro atoms. The first-order chi connectivity index (χ1) is 9.76. The molecule has 1 fully saturated rings. The summed E-state index contributed by atoms with van der Waals surface area (Å²) < 4.78 is 5.76. The molecule has 1 aromatic carbocycles. The molecule has 2 heterocycles. The summed E-state index contributed by atoms with van der Waals surface area (Å²) in [6, 6.07) is 8.08. The molecule has 106 valence electrons. The second-order valence-corrected chi connectivity index (χ2v) is 4.94. The van der Waals surface area contributed by atoms with E-state index in [1.54, 1.807) is 0 Å². The second-order valence-electron chi connectivity index (χ2n) is 4.94. The third kappa shape index (κ3) is 2.60. The van der Waals surface area contributed by atoms with Gasteiger partial charge >= 0.3 is 6.01 Å². The molecule has 0 saturated carbocycles. The summed E-state index contributed by atoms with van der Waals surface area (Å²) in [6.07, 6.45) is 0. The van der Waals surface area contributed by atoms with Crippen molar-refractivity contribution < 1.29 is 4.42 Å². The van der Waals surface area contributed by atoms with Crippen molar-refractivity contribution in [3.05, 3.63) is 24.3 Å². The molecule has 1 aromatic heterocycles. The molecule has 3 rings (SSSR count). The van der Waals surface area contributed by atoms with Crippen molar-refractivity contribution in [2.45, 2.75) is 6.92 Å². The number of nitrogen functional groups attached to an aromatic ring is 1. The molecular formula is C14H19N5O. The van der Waals surface area contributed by atoms with E-state index in [1.807, 2.05) is 24.3 Å². The van der Waals surface area contributed by atoms with Gasteiger partial charge in [-0.1, -0.05) is 18.1 Å². The number of hydrogen-bond acceptors (Lipinski definition) is 6. The predicted molar refractivity (Wildman–Crippen MR) is 78.5 cm³/mol. The van der Waals surface area contributed by atoms with Crippen LogP contribution in [0, 0.1) is 0 Å². The van der Waals surface area contributed by atoms with Gasteiger partial charge in [-0.15, -0.1) is 5.10 Å². The first kappa shape index (κ1) is 12.9. The van der Waals surface area contributed by atoms with Crippen molar-refractivity contribution in [1.82, 2.24) is 15.1 Å². The number of hydrogen-bond donors (Lipinski definition) is 1. The van der Waals surface area contributed by atoms with Crippen molar-refractivity contribution in [3.8, 4) is 11.5 Å². The lowest BCUT2D eigenvalue weighted by molar-refractivity contribution is 0.266. The van der Waals surface area contributed by atoms with Gasteiger partial charge in [-0.05, 0) is 24.7 Å². The van der Waals surface area contributed by atoms with E-state index in [0.29, 0.717) is 17.6 Å². The topological polar surface area (TPSA) is 71.4 Å². The maximum Gasteiger partial charge on any atom is 0.318 e. The fraction of sp³-hybridized carbons (Fsp3) is 0.429. The smallest absolute Gasteiger partial charge is 0.318 e. The Morgan fingerprint density at radius 2 is 2.00 bits per heavy atom. The van der Waals surface area contributed by atoms with Crippen LogP contribution in [-0.2, 0) is 0 Å². The summed E-state index contributed by atoms with van der Waals surface area (Å²) in [7, 11) is 0. The van der Waals surface area contributed by atoms with Crippen molar-refractivity contribution in [3.63, 3.8) is 0 Å². The van der Waals surface area contributed by atoms with Gasteiger partial charge in [0.2, 0.25) is 5.89 Å². The van der Waals surface area contributed by atoms with Crippen LogP contribution in [0.1, 0.15) is 6.92 Å². The van der Waals surface area contributed by atoms with Crippen LogP contribution in [0.25, 0.3) is 11.5 Å². The summed E-state index contributed by atoms with van der Waals surface area (Å²) >= 11 is 0. The Balaban J connectivity index is 1.74. The van der Waals surface area contributed by atoms with E-state index < -0.39 is 0 Å². The van der Waals surface area contributed by atoms with Crippen molar-refractivity contribution in [1.29, 1.82) is 0 Å². The zero-order valence-corrected chi connectivity index (χ0v) is 11.6. The van der Waals surface area contributed by atoms with Crippen LogP contribution in [0.4, 0.5) is 11.7 Å². The summed E-state index contributed by atoms with van der Waals surface area (Å²) in [5.41, 5.74) is 7.32. The van der Waals surface area contributed by atoms with Gasteiger partial charge in [0.25, 0.3) is 0 Å². The number of likely N-dealkylation sites (N-methyl/N-ethyl adjacent to an activating group) is 1. The lowest BCUT2D eigenvalue weighted by Gasteiger charge is -2.32. The van der Waals surface area contributed by atoms with Crippen LogP contribution < -0.4 is 10.6 Å². The Morgan fingerprint density at radius 3 is 2.70 bits per heavy atom. The Hall–Kier alpha value is -2.08. The van der Waals surface area contributed by atoms with E-state index in [4.69, 9.17) is 10.2 Å². The van der Waals surface area contributed by atoms with Gasteiger partial charge in [-0.25, -0.2) is 0 Å². The van der Waals surface area contributed by atoms with Crippen LogP contribution in [0.5, 0.6) is 0 Å². The molecule has 0 unspecified atom stereocenters. The number of rotatable bonds is 3. The van der Waals surface area contributed by atoms with Gasteiger partial charge in [0.15, 0.2) is 0 Å². The molecule has 1 aliphatic rings. The molecule has 0 bridgehead atoms. The van der Waals surface area contributed by atoms with Crippen molar-refractivity contribution >= 4 is 11.7 Å². The van der Waals surface area contributed by atoms with Crippen molar-refractivity contribution in [2.75, 3.05) is 43.4 Å². The number of nitrogens with zero attached hydrogens (tertiary/aromatic N) is 4. The zero-order valence-electron chi connectivity index (χ0n) is 11.6. The predicted octanol–water partition coefficient (Wildman–Crippen LogP) is 1.46. The molecule has 0 atom stereocenters. The summed E-state index contributed by atoms with van der Waals surface area (Å²) in [5.74, 6) is 0.519. The molecule has 2 aromatic rings. The van der Waals surface area contributed by atoms with Gasteiger partial charge in [0.1, 0.15) is 0 Å². The maximum absolute atomic E-state index is 5.77. The van der Waals surface area contributed by atoms with Gasteiger partial charge in [-0.3, -0.25) is 0 Å². The lowest BCUT2D eigenvalue weighted by Crippen LogP contribution is -2.46. The normalized spacial score (nSPS) is 16.6. The molecule has 20 heavy (non-hydrogen) atoms. The summed E-state index contributed by atoms with van der Waals surface area (Å²) in [5, 5.41) is 8.26. The van der Waals surface area contributed by atoms with E-state index in [9.17, 15) is 0 Å². The van der Waals surface area contributed by atoms with E-state index >= 15 is 0 Å². The SMILES string of the molecule is CCN1CCN(c2nnc(-c3cccc(N)c3)o2)CC1. The monoisotopic (exact) mass is 273 g/mol. The third-order valence-electron chi connectivity index (χ3n) is 3.64. The van der Waals surface area contributed by atoms with E-state index in [-0.39, 0.29) is 0 Å². The molecule has 0 radical (unpaired) electrons. The number of aromatic nitrogens is 2. The molecule has 0 amide bonds. The Morgan fingerprint density at radius 1 is 1.20 bits per heavy atom. The summed E-state index contributed by atoms with van der Waals surface area (Å²) in [6.45, 7) is 7.18. The second kappa shape index (κ2) is 5.50. The summed E-state index contributed by atoms with van der Waals surface area (Å²) in [4.78, 5) is 4.54. The highest BCUT2D eigenvalue weighted by Crippen LogP contribution is 2.23. The minimum atomic E-state index is 0.519. The third-order valence-corrected chi connectivity index (χ3v) is 3.64. The van der Waals surface area contributed by atoms with Crippen LogP contribution in [0.3, 0.4) is 0 Å². The van der Waals surface area contributed by atoms with Gasteiger partial charge < -0.3 is 20.0 Å². The highest BCUT2D eigenvalue weighted by Gasteiger charge is 2.20. The number of anilines is 2. The molecular weight excluding hydrogens is 254 g/mol. The fourth-order valence-corrected chi connectivity index (χ4v) is 2.39. The zero-order chi connectivity index (χ0) is 13.9. The first-order valence-corrected chi connectivity index (χ1v) is 6.93. The van der Waals surface area contributed by atoms with Gasteiger partial charge in [0.05, 0.1) is 0 Å². The molecule has 1 aliphatic heterocycles. The Bertz CT molecular complexity index is 574. The van der Waals surface area contributed by atoms with E-state index in [0.717, 1.165) is 38.3 Å². The van der Waals surface area contributed by atoms with Crippen LogP contribution in [0.2, 0.25) is 0 Å². The van der Waals surface area contributed by atoms with Crippen LogP contribution in [0.15, 0.2) is 28.7 Å². The molecule has 6 nitrogen and oxygen atoms in total. The molecule has 2 N–H and O–H groups in total. The van der Waals surface area contributed by atoms with Crippen LogP contribution in [-0.4, -0.2) is 47.8 Å². The maximum atomic E-state index is 5.77. The highest BCUT2D eigenvalue weighted by atomic mass is 16.4. The lowest BCUT2D eigenvalue weighted by atomic mass is 10.2. The number of nitrogens with two attached hydrogens (primary N) is 1. The first-order valence-electron chi connectivity index (χ1n) is 6.93. The van der Waals surface area contributed by atoms with E-state index in [1.165, 1.54) is 0 Å². The number of piperazine rings is 1. The largest absolute Gasteiger partial charge is 0.403 e. The average Bonchev–Trinajstić information content (AvgIpc) is 2.97.